The third-order valence-electron chi connectivity index (χ3n) is 6.65. The number of carbonyl (C=O) groups is 2. The Hall–Kier alpha value is -3.41. The van der Waals surface area contributed by atoms with E-state index in [1.54, 1.807) is 0 Å². The van der Waals surface area contributed by atoms with E-state index in [1.165, 1.54) is 5.56 Å². The van der Waals surface area contributed by atoms with Crippen LogP contribution in [0.3, 0.4) is 0 Å². The second-order valence-corrected chi connectivity index (χ2v) is 8.85. The Morgan fingerprint density at radius 1 is 1.06 bits per heavy atom. The van der Waals surface area contributed by atoms with Gasteiger partial charge in [-0.1, -0.05) is 42.0 Å². The predicted molar refractivity (Wildman–Crippen MR) is 118 cm³/mol. The summed E-state index contributed by atoms with van der Waals surface area (Å²) in [5.41, 5.74) is 12.5. The first kappa shape index (κ1) is 19.5. The Morgan fingerprint density at radius 3 is 2.42 bits per heavy atom. The van der Waals surface area contributed by atoms with Crippen molar-refractivity contribution in [3.05, 3.63) is 81.7 Å². The number of aryl methyl sites for hydroxylation is 2. The van der Waals surface area contributed by atoms with Crippen LogP contribution in [0.1, 0.15) is 50.4 Å². The third-order valence-corrected chi connectivity index (χ3v) is 6.65. The van der Waals surface area contributed by atoms with Crippen LogP contribution in [0.4, 0.5) is 0 Å². The van der Waals surface area contributed by atoms with Crippen molar-refractivity contribution in [1.82, 2.24) is 15.1 Å². The van der Waals surface area contributed by atoms with Gasteiger partial charge in [-0.3, -0.25) is 9.59 Å². The van der Waals surface area contributed by atoms with E-state index in [-0.39, 0.29) is 5.91 Å². The molecule has 0 unspecified atom stereocenters. The Balaban J connectivity index is 1.51. The summed E-state index contributed by atoms with van der Waals surface area (Å²) >= 11 is 0. The van der Waals surface area contributed by atoms with Gasteiger partial charge in [0.05, 0.1) is 5.69 Å². The number of hydrogen-bond donors (Lipinski definition) is 2. The molecule has 2 amide bonds. The van der Waals surface area contributed by atoms with Crippen LogP contribution in [0.2, 0.25) is 0 Å². The molecule has 3 aromatic rings. The van der Waals surface area contributed by atoms with E-state index >= 15 is 0 Å². The average Bonchev–Trinajstić information content (AvgIpc) is 3.41. The molecule has 1 heterocycles. The Morgan fingerprint density at radius 2 is 1.77 bits per heavy atom. The standard InChI is InChI=1S/C25H26N4O2/c1-15-10-11-20(16(2)12-15)29-21-9-5-8-19(21)22(28-29)23(30)27-25(24(26)31)13-17-6-3-4-7-18(17)14-25/h3-4,6-7,10-12H,5,8-9,13-14H2,1-2H3,(H2,26,31)(H,27,30). The molecule has 5 rings (SSSR count). The molecular weight excluding hydrogens is 388 g/mol. The highest BCUT2D eigenvalue weighted by molar-refractivity contribution is 5.99. The number of nitrogens with two attached hydrogens (primary N) is 1. The first-order valence-corrected chi connectivity index (χ1v) is 10.8. The average molecular weight is 415 g/mol. The molecule has 31 heavy (non-hydrogen) atoms. The van der Waals surface area contributed by atoms with Gasteiger partial charge in [-0.05, 0) is 55.9 Å². The molecule has 0 atom stereocenters. The number of carbonyl (C=O) groups excluding carboxylic acids is 2. The molecule has 0 saturated heterocycles. The maximum Gasteiger partial charge on any atom is 0.272 e. The molecule has 0 saturated carbocycles. The van der Waals surface area contributed by atoms with Gasteiger partial charge in [0.15, 0.2) is 5.69 Å². The zero-order valence-electron chi connectivity index (χ0n) is 17.9. The molecular formula is C25H26N4O2. The van der Waals surface area contributed by atoms with Crippen LogP contribution >= 0.6 is 0 Å². The summed E-state index contributed by atoms with van der Waals surface area (Å²) in [6.45, 7) is 4.12. The number of rotatable bonds is 4. The Labute approximate surface area is 181 Å². The van der Waals surface area contributed by atoms with Gasteiger partial charge >= 0.3 is 0 Å². The zero-order chi connectivity index (χ0) is 21.8. The number of nitrogens with zero attached hydrogens (tertiary/aromatic N) is 2. The fraction of sp³-hybridized carbons (Fsp3) is 0.320. The van der Waals surface area contributed by atoms with Crippen molar-refractivity contribution < 1.29 is 9.59 Å². The molecule has 6 nitrogen and oxygen atoms in total. The quantitative estimate of drug-likeness (QED) is 0.688. The molecule has 0 spiro atoms. The van der Waals surface area contributed by atoms with Crippen LogP contribution in [-0.4, -0.2) is 27.1 Å². The minimum absolute atomic E-state index is 0.326. The molecule has 1 aromatic heterocycles. The second kappa shape index (κ2) is 7.08. The number of amides is 2. The third kappa shape index (κ3) is 3.14. The van der Waals surface area contributed by atoms with Crippen molar-refractivity contribution in [3.63, 3.8) is 0 Å². The summed E-state index contributed by atoms with van der Waals surface area (Å²) in [5.74, 6) is -0.837. The van der Waals surface area contributed by atoms with Crippen LogP contribution in [-0.2, 0) is 30.5 Å². The van der Waals surface area contributed by atoms with E-state index in [9.17, 15) is 9.59 Å². The van der Waals surface area contributed by atoms with Crippen molar-refractivity contribution in [3.8, 4) is 5.69 Å². The number of benzene rings is 2. The summed E-state index contributed by atoms with van der Waals surface area (Å²) < 4.78 is 1.91. The first-order chi connectivity index (χ1) is 14.9. The van der Waals surface area contributed by atoms with Gasteiger partial charge in [-0.15, -0.1) is 0 Å². The lowest BCUT2D eigenvalue weighted by molar-refractivity contribution is -0.123. The number of nitrogens with one attached hydrogen (secondary N) is 1. The summed E-state index contributed by atoms with van der Waals surface area (Å²) in [5, 5.41) is 7.71. The monoisotopic (exact) mass is 414 g/mol. The van der Waals surface area contributed by atoms with Gasteiger partial charge in [-0.25, -0.2) is 4.68 Å². The van der Waals surface area contributed by atoms with E-state index in [0.717, 1.165) is 52.9 Å². The molecule has 0 fully saturated rings. The topological polar surface area (TPSA) is 90.0 Å². The van der Waals surface area contributed by atoms with Crippen molar-refractivity contribution in [2.45, 2.75) is 51.5 Å². The molecule has 158 valence electrons. The summed E-state index contributed by atoms with van der Waals surface area (Å²) in [6, 6.07) is 14.1. The van der Waals surface area contributed by atoms with Gasteiger partial charge < -0.3 is 11.1 Å². The fourth-order valence-corrected chi connectivity index (χ4v) is 5.08. The van der Waals surface area contributed by atoms with Gasteiger partial charge in [0.2, 0.25) is 5.91 Å². The molecule has 0 aliphatic heterocycles. The minimum atomic E-state index is -1.12. The number of hydrogen-bond acceptors (Lipinski definition) is 3. The largest absolute Gasteiger partial charge is 0.368 e. The lowest BCUT2D eigenvalue weighted by atomic mass is 9.94. The SMILES string of the molecule is Cc1ccc(-n2nc(C(=O)NC3(C(N)=O)Cc4ccccc4C3)c3c2CCC3)c(C)c1. The molecule has 0 radical (unpaired) electrons. The first-order valence-electron chi connectivity index (χ1n) is 10.8. The van der Waals surface area contributed by atoms with E-state index in [2.05, 4.69) is 37.4 Å². The van der Waals surface area contributed by atoms with Crippen molar-refractivity contribution in [2.24, 2.45) is 5.73 Å². The maximum atomic E-state index is 13.4. The fourth-order valence-electron chi connectivity index (χ4n) is 5.08. The molecule has 2 aliphatic carbocycles. The van der Waals surface area contributed by atoms with Crippen LogP contribution in [0, 0.1) is 13.8 Å². The smallest absolute Gasteiger partial charge is 0.272 e. The van der Waals surface area contributed by atoms with Gasteiger partial charge in [0.1, 0.15) is 5.54 Å². The minimum Gasteiger partial charge on any atom is -0.368 e. The summed E-state index contributed by atoms with van der Waals surface area (Å²) in [4.78, 5) is 25.9. The lowest BCUT2D eigenvalue weighted by Gasteiger charge is -2.26. The van der Waals surface area contributed by atoms with Gasteiger partial charge in [-0.2, -0.15) is 5.10 Å². The second-order valence-electron chi connectivity index (χ2n) is 8.85. The number of aromatic nitrogens is 2. The highest BCUT2D eigenvalue weighted by atomic mass is 16.2. The number of fused-ring (bicyclic) bond motifs is 2. The van der Waals surface area contributed by atoms with Crippen LogP contribution < -0.4 is 11.1 Å². The number of primary amides is 1. The Bertz CT molecular complexity index is 1200. The van der Waals surface area contributed by atoms with Crippen molar-refractivity contribution >= 4 is 11.8 Å². The molecule has 0 bridgehead atoms. The predicted octanol–water partition coefficient (Wildman–Crippen LogP) is 2.73. The normalized spacial score (nSPS) is 16.1. The van der Waals surface area contributed by atoms with Crippen molar-refractivity contribution in [1.29, 1.82) is 0 Å². The summed E-state index contributed by atoms with van der Waals surface area (Å²) in [7, 11) is 0. The lowest BCUT2D eigenvalue weighted by Crippen LogP contribution is -2.58. The highest BCUT2D eigenvalue weighted by Gasteiger charge is 2.44. The van der Waals surface area contributed by atoms with Crippen LogP contribution in [0.15, 0.2) is 42.5 Å². The highest BCUT2D eigenvalue weighted by Crippen LogP contribution is 2.32. The van der Waals surface area contributed by atoms with Crippen LogP contribution in [0.5, 0.6) is 0 Å². The Kier molecular flexibility index (Phi) is 4.46. The van der Waals surface area contributed by atoms with Crippen LogP contribution in [0.25, 0.3) is 5.69 Å². The van der Waals surface area contributed by atoms with E-state index in [0.29, 0.717) is 18.5 Å². The molecule has 2 aromatic carbocycles. The maximum absolute atomic E-state index is 13.4. The molecule has 2 aliphatic rings. The molecule has 6 heteroatoms. The van der Waals surface area contributed by atoms with E-state index < -0.39 is 11.4 Å². The summed E-state index contributed by atoms with van der Waals surface area (Å²) in [6.07, 6.45) is 3.50. The van der Waals surface area contributed by atoms with E-state index in [1.807, 2.05) is 28.9 Å². The van der Waals surface area contributed by atoms with Gasteiger partial charge in [0.25, 0.3) is 5.91 Å². The van der Waals surface area contributed by atoms with Crippen molar-refractivity contribution in [2.75, 3.05) is 0 Å². The van der Waals surface area contributed by atoms with E-state index in [4.69, 9.17) is 10.8 Å². The zero-order valence-corrected chi connectivity index (χ0v) is 17.9. The molecule has 3 N–H and O–H groups in total. The van der Waals surface area contributed by atoms with Gasteiger partial charge in [0, 0.05) is 24.1 Å².